The minimum Gasteiger partial charge on any atom is -0.365 e. The van der Waals surface area contributed by atoms with Crippen molar-refractivity contribution in [3.05, 3.63) is 39.7 Å². The monoisotopic (exact) mass is 398 g/mol. The lowest BCUT2D eigenvalue weighted by Crippen LogP contribution is -2.47. The van der Waals surface area contributed by atoms with Crippen molar-refractivity contribution >= 4 is 23.1 Å². The van der Waals surface area contributed by atoms with Gasteiger partial charge < -0.3 is 9.80 Å². The number of anilines is 2. The molecular formula is C17H21ClF2N6O. The second kappa shape index (κ2) is 8.16. The van der Waals surface area contributed by atoms with Crippen LogP contribution in [0.25, 0.3) is 0 Å². The van der Waals surface area contributed by atoms with Crippen LogP contribution in [0.2, 0.25) is 5.02 Å². The normalized spacial score (nSPS) is 15.1. The molecule has 146 valence electrons. The molecule has 0 unspecified atom stereocenters. The number of hydrogen-bond acceptors (Lipinski definition) is 6. The fraction of sp³-hybridized carbons (Fsp3) is 0.529. The molecule has 2 aromatic rings. The molecule has 7 nitrogen and oxygen atoms in total. The van der Waals surface area contributed by atoms with Crippen LogP contribution in [-0.2, 0) is 6.54 Å². The number of aromatic nitrogens is 4. The van der Waals surface area contributed by atoms with E-state index in [0.717, 1.165) is 11.6 Å². The second-order valence-electron chi connectivity index (χ2n) is 6.62. The largest absolute Gasteiger partial charge is 0.365 e. The van der Waals surface area contributed by atoms with Gasteiger partial charge in [0.25, 0.3) is 12.0 Å². The number of nitrogens with zero attached hydrogens (tertiary/aromatic N) is 6. The molecule has 1 fully saturated rings. The van der Waals surface area contributed by atoms with Gasteiger partial charge in [-0.05, 0) is 6.07 Å². The van der Waals surface area contributed by atoms with Crippen LogP contribution in [-0.4, -0.2) is 52.4 Å². The molecule has 1 aliphatic rings. The zero-order valence-corrected chi connectivity index (χ0v) is 15.9. The van der Waals surface area contributed by atoms with Crippen LogP contribution in [0.15, 0.2) is 23.3 Å². The van der Waals surface area contributed by atoms with E-state index in [1.807, 2.05) is 24.8 Å². The minimum atomic E-state index is -2.66. The Morgan fingerprint density at radius 1 is 1.19 bits per heavy atom. The fourth-order valence-electron chi connectivity index (χ4n) is 2.93. The predicted molar refractivity (Wildman–Crippen MR) is 100 cm³/mol. The molecule has 0 radical (unpaired) electrons. The third-order valence-electron chi connectivity index (χ3n) is 4.40. The van der Waals surface area contributed by atoms with Crippen LogP contribution >= 0.6 is 11.6 Å². The first-order valence-corrected chi connectivity index (χ1v) is 9.11. The quantitative estimate of drug-likeness (QED) is 0.770. The SMILES string of the molecule is CC(C)c1nccc(N2CCN(c3cnn(CC(F)F)c(=O)c3Cl)CC2)n1. The van der Waals surface area contributed by atoms with Crippen LogP contribution in [0.3, 0.4) is 0 Å². The van der Waals surface area contributed by atoms with E-state index < -0.39 is 18.5 Å². The van der Waals surface area contributed by atoms with Gasteiger partial charge >= 0.3 is 0 Å². The molecule has 10 heteroatoms. The smallest absolute Gasteiger partial charge is 0.287 e. The molecule has 2 aromatic heterocycles. The van der Waals surface area contributed by atoms with E-state index in [-0.39, 0.29) is 10.9 Å². The summed E-state index contributed by atoms with van der Waals surface area (Å²) in [6.07, 6.45) is 0.473. The summed E-state index contributed by atoms with van der Waals surface area (Å²) in [6.45, 7) is 5.92. The molecule has 0 amide bonds. The van der Waals surface area contributed by atoms with Crippen molar-refractivity contribution < 1.29 is 8.78 Å². The molecule has 0 saturated carbocycles. The standard InChI is InChI=1S/C17H21ClF2N6O/c1-11(2)16-21-4-3-14(23-16)25-7-5-24(6-8-25)12-9-22-26(10-13(19)20)17(27)15(12)18/h3-4,9,11,13H,5-8,10H2,1-2H3. The lowest BCUT2D eigenvalue weighted by Gasteiger charge is -2.36. The molecule has 0 N–H and O–H groups in total. The number of alkyl halides is 2. The van der Waals surface area contributed by atoms with Crippen molar-refractivity contribution in [2.45, 2.75) is 32.7 Å². The molecule has 0 bridgehead atoms. The van der Waals surface area contributed by atoms with Gasteiger partial charge in [-0.2, -0.15) is 5.10 Å². The van der Waals surface area contributed by atoms with Gasteiger partial charge in [0, 0.05) is 38.3 Å². The molecule has 3 rings (SSSR count). The van der Waals surface area contributed by atoms with E-state index in [1.54, 1.807) is 6.20 Å². The van der Waals surface area contributed by atoms with Gasteiger partial charge in [0.2, 0.25) is 0 Å². The summed E-state index contributed by atoms with van der Waals surface area (Å²) in [6, 6.07) is 1.88. The summed E-state index contributed by atoms with van der Waals surface area (Å²) in [5.74, 6) is 1.91. The Bertz CT molecular complexity index is 852. The van der Waals surface area contributed by atoms with Crippen molar-refractivity contribution in [1.29, 1.82) is 0 Å². The Hall–Kier alpha value is -2.29. The summed E-state index contributed by atoms with van der Waals surface area (Å²) in [4.78, 5) is 25.1. The number of halogens is 3. The van der Waals surface area contributed by atoms with Gasteiger partial charge in [-0.3, -0.25) is 4.79 Å². The fourth-order valence-corrected chi connectivity index (χ4v) is 3.20. The van der Waals surface area contributed by atoms with Crippen LogP contribution in [0.4, 0.5) is 20.3 Å². The van der Waals surface area contributed by atoms with Crippen molar-refractivity contribution in [1.82, 2.24) is 19.7 Å². The molecule has 27 heavy (non-hydrogen) atoms. The first-order chi connectivity index (χ1) is 12.9. The van der Waals surface area contributed by atoms with Gasteiger partial charge in [0.15, 0.2) is 0 Å². The molecule has 0 aliphatic carbocycles. The average Bonchev–Trinajstić information content (AvgIpc) is 2.66. The molecular weight excluding hydrogens is 378 g/mol. The second-order valence-corrected chi connectivity index (χ2v) is 7.00. The van der Waals surface area contributed by atoms with Gasteiger partial charge in [-0.1, -0.05) is 25.4 Å². The highest BCUT2D eigenvalue weighted by Gasteiger charge is 2.23. The van der Waals surface area contributed by atoms with Gasteiger partial charge in [0.1, 0.15) is 23.2 Å². The maximum absolute atomic E-state index is 12.5. The maximum Gasteiger partial charge on any atom is 0.287 e. The first-order valence-electron chi connectivity index (χ1n) is 8.73. The van der Waals surface area contributed by atoms with Gasteiger partial charge in [0.05, 0.1) is 11.9 Å². The van der Waals surface area contributed by atoms with Crippen LogP contribution < -0.4 is 15.4 Å². The number of rotatable bonds is 5. The average molecular weight is 399 g/mol. The molecule has 1 aliphatic heterocycles. The lowest BCUT2D eigenvalue weighted by atomic mass is 10.2. The van der Waals surface area contributed by atoms with Crippen molar-refractivity contribution in [2.75, 3.05) is 36.0 Å². The minimum absolute atomic E-state index is 0.0803. The van der Waals surface area contributed by atoms with E-state index in [9.17, 15) is 13.6 Å². The third kappa shape index (κ3) is 4.35. The molecule has 0 aromatic carbocycles. The van der Waals surface area contributed by atoms with E-state index in [2.05, 4.69) is 20.0 Å². The first kappa shape index (κ1) is 19.5. The Balaban J connectivity index is 1.72. The highest BCUT2D eigenvalue weighted by molar-refractivity contribution is 6.33. The molecule has 0 atom stereocenters. The summed E-state index contributed by atoms with van der Waals surface area (Å²) in [5.41, 5.74) is -0.230. The molecule has 3 heterocycles. The van der Waals surface area contributed by atoms with Gasteiger partial charge in [-0.25, -0.2) is 23.4 Å². The molecule has 0 spiro atoms. The highest BCUT2D eigenvalue weighted by Crippen LogP contribution is 2.24. The summed E-state index contributed by atoms with van der Waals surface area (Å²) in [5, 5.41) is 3.75. The van der Waals surface area contributed by atoms with Crippen LogP contribution in [0.5, 0.6) is 0 Å². The topological polar surface area (TPSA) is 67.2 Å². The maximum atomic E-state index is 12.5. The van der Waals surface area contributed by atoms with Crippen molar-refractivity contribution in [3.63, 3.8) is 0 Å². The van der Waals surface area contributed by atoms with Crippen LogP contribution in [0.1, 0.15) is 25.6 Å². The third-order valence-corrected chi connectivity index (χ3v) is 4.75. The number of piperazine rings is 1. The zero-order valence-electron chi connectivity index (χ0n) is 15.1. The Labute approximate surface area is 160 Å². The summed E-state index contributed by atoms with van der Waals surface area (Å²) in [7, 11) is 0. The summed E-state index contributed by atoms with van der Waals surface area (Å²) < 4.78 is 25.7. The van der Waals surface area contributed by atoms with Crippen molar-refractivity contribution in [2.24, 2.45) is 0 Å². The van der Waals surface area contributed by atoms with Crippen molar-refractivity contribution in [3.8, 4) is 0 Å². The summed E-state index contributed by atoms with van der Waals surface area (Å²) >= 11 is 6.13. The van der Waals surface area contributed by atoms with E-state index in [1.165, 1.54) is 6.20 Å². The predicted octanol–water partition coefficient (Wildman–Crippen LogP) is 2.40. The van der Waals surface area contributed by atoms with Gasteiger partial charge in [-0.15, -0.1) is 0 Å². The Morgan fingerprint density at radius 3 is 2.48 bits per heavy atom. The highest BCUT2D eigenvalue weighted by atomic mass is 35.5. The van der Waals surface area contributed by atoms with E-state index in [4.69, 9.17) is 11.6 Å². The van der Waals surface area contributed by atoms with E-state index >= 15 is 0 Å². The van der Waals surface area contributed by atoms with Crippen LogP contribution in [0, 0.1) is 0 Å². The van der Waals surface area contributed by atoms with E-state index in [0.29, 0.717) is 36.5 Å². The zero-order chi connectivity index (χ0) is 19.6. The Morgan fingerprint density at radius 2 is 1.85 bits per heavy atom. The lowest BCUT2D eigenvalue weighted by molar-refractivity contribution is 0.119. The Kier molecular flexibility index (Phi) is 5.88. The number of hydrogen-bond donors (Lipinski definition) is 0. The molecule has 1 saturated heterocycles.